The van der Waals surface area contributed by atoms with Crippen LogP contribution in [0, 0.1) is 0 Å². The molecule has 0 aliphatic carbocycles. The van der Waals surface area contributed by atoms with Crippen LogP contribution in [0.4, 0.5) is 14.5 Å². The number of thiophene rings is 1. The van der Waals surface area contributed by atoms with Gasteiger partial charge < -0.3 is 9.84 Å². The fraction of sp³-hybridized carbons (Fsp3) is 0.188. The number of aromatic nitrogens is 2. The third-order valence-corrected chi connectivity index (χ3v) is 4.58. The molecule has 2 aromatic heterocycles. The highest BCUT2D eigenvalue weighted by Crippen LogP contribution is 2.26. The molecule has 9 heteroatoms. The van der Waals surface area contributed by atoms with E-state index in [1.165, 1.54) is 23.5 Å². The second-order valence-electron chi connectivity index (χ2n) is 4.97. The average molecular weight is 381 g/mol. The molecule has 0 fully saturated rings. The number of thioether (sulfide) groups is 1. The van der Waals surface area contributed by atoms with E-state index in [1.54, 1.807) is 12.1 Å². The minimum atomic E-state index is -2.46. The largest absolute Gasteiger partial charge is 0.339 e. The number of aryl methyl sites for hydroxylation is 1. The minimum absolute atomic E-state index is 0.179. The summed E-state index contributed by atoms with van der Waals surface area (Å²) in [5, 5.41) is 10.4. The number of hydrogen-bond acceptors (Lipinski definition) is 6. The third kappa shape index (κ3) is 5.10. The summed E-state index contributed by atoms with van der Waals surface area (Å²) in [6.07, 6.45) is 0.501. The molecular weight excluding hydrogens is 368 g/mol. The number of nitrogens with one attached hydrogen (secondary N) is 1. The summed E-state index contributed by atoms with van der Waals surface area (Å²) >= 11 is 2.00. The second kappa shape index (κ2) is 8.21. The normalized spacial score (nSPS) is 11.0. The number of benzene rings is 1. The molecule has 2 heterocycles. The number of carbonyl (C=O) groups is 1. The number of anilines is 1. The Bertz CT molecular complexity index is 820. The number of rotatable bonds is 7. The zero-order chi connectivity index (χ0) is 17.6. The standard InChI is InChI=1S/C16H13F2N3O2S2/c17-16(18)25-12-3-1-11(2-4-12)19-13(22)5-6-14-20-15(21-23-14)10-7-8-24-9-10/h1-4,7-9,16H,5-6H2,(H,19,22). The second-order valence-corrected chi connectivity index (χ2v) is 6.82. The Morgan fingerprint density at radius 3 is 2.76 bits per heavy atom. The predicted octanol–water partition coefficient (Wildman–Crippen LogP) is 4.68. The molecule has 1 aromatic carbocycles. The molecule has 5 nitrogen and oxygen atoms in total. The molecular formula is C16H13F2N3O2S2. The Morgan fingerprint density at radius 1 is 1.28 bits per heavy atom. The van der Waals surface area contributed by atoms with Crippen LogP contribution in [-0.2, 0) is 11.2 Å². The number of alkyl halides is 2. The van der Waals surface area contributed by atoms with E-state index in [2.05, 4.69) is 15.5 Å². The van der Waals surface area contributed by atoms with Gasteiger partial charge in [0.15, 0.2) is 0 Å². The number of halogens is 2. The van der Waals surface area contributed by atoms with Crippen LogP contribution in [-0.4, -0.2) is 21.8 Å². The van der Waals surface area contributed by atoms with Gasteiger partial charge in [-0.25, -0.2) is 0 Å². The van der Waals surface area contributed by atoms with Gasteiger partial charge in [-0.2, -0.15) is 25.1 Å². The SMILES string of the molecule is O=C(CCc1nc(-c2ccsc2)no1)Nc1ccc(SC(F)F)cc1. The summed E-state index contributed by atoms with van der Waals surface area (Å²) < 4.78 is 29.6. The number of nitrogens with zero attached hydrogens (tertiary/aromatic N) is 2. The van der Waals surface area contributed by atoms with Crippen LogP contribution in [0.2, 0.25) is 0 Å². The van der Waals surface area contributed by atoms with Crippen LogP contribution in [0.1, 0.15) is 12.3 Å². The highest BCUT2D eigenvalue weighted by molar-refractivity contribution is 7.99. The number of carbonyl (C=O) groups excluding carboxylic acids is 1. The lowest BCUT2D eigenvalue weighted by atomic mass is 10.2. The quantitative estimate of drug-likeness (QED) is 0.602. The molecule has 3 aromatic rings. The highest BCUT2D eigenvalue weighted by Gasteiger charge is 2.11. The van der Waals surface area contributed by atoms with Gasteiger partial charge >= 0.3 is 0 Å². The highest BCUT2D eigenvalue weighted by atomic mass is 32.2. The molecule has 0 aliphatic rings. The Balaban J connectivity index is 1.49. The lowest BCUT2D eigenvalue weighted by Gasteiger charge is -2.05. The van der Waals surface area contributed by atoms with Gasteiger partial charge in [-0.15, -0.1) is 0 Å². The summed E-state index contributed by atoms with van der Waals surface area (Å²) in [7, 11) is 0. The van der Waals surface area contributed by atoms with Crippen molar-refractivity contribution < 1.29 is 18.1 Å². The van der Waals surface area contributed by atoms with Crippen molar-refractivity contribution in [2.24, 2.45) is 0 Å². The van der Waals surface area contributed by atoms with Crippen LogP contribution in [0.3, 0.4) is 0 Å². The first-order valence-corrected chi connectivity index (χ1v) is 9.12. The monoisotopic (exact) mass is 381 g/mol. The first-order valence-electron chi connectivity index (χ1n) is 7.30. The smallest absolute Gasteiger partial charge is 0.288 e. The van der Waals surface area contributed by atoms with E-state index in [9.17, 15) is 13.6 Å². The first kappa shape index (κ1) is 17.6. The van der Waals surface area contributed by atoms with Crippen molar-refractivity contribution >= 4 is 34.7 Å². The molecule has 0 radical (unpaired) electrons. The Hall–Kier alpha value is -2.26. The minimum Gasteiger partial charge on any atom is -0.339 e. The molecule has 25 heavy (non-hydrogen) atoms. The number of amides is 1. The van der Waals surface area contributed by atoms with E-state index >= 15 is 0 Å². The van der Waals surface area contributed by atoms with E-state index in [-0.39, 0.29) is 12.3 Å². The summed E-state index contributed by atoms with van der Waals surface area (Å²) in [5.74, 6) is -1.79. The van der Waals surface area contributed by atoms with Crippen molar-refractivity contribution in [2.45, 2.75) is 23.5 Å². The van der Waals surface area contributed by atoms with Crippen molar-refractivity contribution in [1.29, 1.82) is 0 Å². The van der Waals surface area contributed by atoms with Gasteiger partial charge in [0.05, 0.1) is 0 Å². The molecule has 130 valence electrons. The molecule has 0 unspecified atom stereocenters. The van der Waals surface area contributed by atoms with Crippen molar-refractivity contribution in [2.75, 3.05) is 5.32 Å². The van der Waals surface area contributed by atoms with Crippen LogP contribution in [0.25, 0.3) is 11.4 Å². The van der Waals surface area contributed by atoms with Crippen LogP contribution >= 0.6 is 23.1 Å². The van der Waals surface area contributed by atoms with Crippen molar-refractivity contribution in [3.63, 3.8) is 0 Å². The fourth-order valence-electron chi connectivity index (χ4n) is 2.03. The topological polar surface area (TPSA) is 68.0 Å². The maximum Gasteiger partial charge on any atom is 0.288 e. The van der Waals surface area contributed by atoms with Crippen molar-refractivity contribution in [3.8, 4) is 11.4 Å². The van der Waals surface area contributed by atoms with Crippen LogP contribution < -0.4 is 5.32 Å². The molecule has 3 rings (SSSR count). The van der Waals surface area contributed by atoms with Gasteiger partial charge in [0.25, 0.3) is 5.76 Å². The third-order valence-electron chi connectivity index (χ3n) is 3.18. The lowest BCUT2D eigenvalue weighted by Crippen LogP contribution is -2.12. The van der Waals surface area contributed by atoms with E-state index in [1.807, 2.05) is 16.8 Å². The average Bonchev–Trinajstić information content (AvgIpc) is 3.25. The molecule has 0 bridgehead atoms. The molecule has 1 amide bonds. The molecule has 0 atom stereocenters. The van der Waals surface area contributed by atoms with Gasteiger partial charge in [-0.05, 0) is 35.7 Å². The molecule has 0 aliphatic heterocycles. The van der Waals surface area contributed by atoms with E-state index in [4.69, 9.17) is 4.52 Å². The molecule has 0 saturated heterocycles. The molecule has 0 spiro atoms. The van der Waals surface area contributed by atoms with E-state index < -0.39 is 5.76 Å². The Kier molecular flexibility index (Phi) is 5.77. The van der Waals surface area contributed by atoms with E-state index in [0.29, 0.717) is 40.5 Å². The zero-order valence-electron chi connectivity index (χ0n) is 12.8. The van der Waals surface area contributed by atoms with Crippen molar-refractivity contribution in [3.05, 3.63) is 47.0 Å². The molecule has 0 saturated carbocycles. The Morgan fingerprint density at radius 2 is 2.08 bits per heavy atom. The molecule has 1 N–H and O–H groups in total. The van der Waals surface area contributed by atoms with E-state index in [0.717, 1.165) is 5.56 Å². The fourth-order valence-corrected chi connectivity index (χ4v) is 3.16. The van der Waals surface area contributed by atoms with Gasteiger partial charge in [-0.1, -0.05) is 16.9 Å². The summed E-state index contributed by atoms with van der Waals surface area (Å²) in [6, 6.07) is 8.14. The van der Waals surface area contributed by atoms with Gasteiger partial charge in [0, 0.05) is 34.4 Å². The summed E-state index contributed by atoms with van der Waals surface area (Å²) in [6.45, 7) is 0. The van der Waals surface area contributed by atoms with Crippen LogP contribution in [0.15, 0.2) is 50.5 Å². The Labute approximate surface area is 150 Å². The predicted molar refractivity (Wildman–Crippen MR) is 92.9 cm³/mol. The lowest BCUT2D eigenvalue weighted by molar-refractivity contribution is -0.116. The number of hydrogen-bond donors (Lipinski definition) is 1. The van der Waals surface area contributed by atoms with Gasteiger partial charge in [0.1, 0.15) is 0 Å². The zero-order valence-corrected chi connectivity index (χ0v) is 14.4. The van der Waals surface area contributed by atoms with Crippen LogP contribution in [0.5, 0.6) is 0 Å². The van der Waals surface area contributed by atoms with Gasteiger partial charge in [-0.3, -0.25) is 4.79 Å². The maximum absolute atomic E-state index is 12.3. The summed E-state index contributed by atoms with van der Waals surface area (Å²) in [5.41, 5.74) is 1.43. The van der Waals surface area contributed by atoms with Gasteiger partial charge in [0.2, 0.25) is 17.6 Å². The van der Waals surface area contributed by atoms with Crippen molar-refractivity contribution in [1.82, 2.24) is 10.1 Å². The summed E-state index contributed by atoms with van der Waals surface area (Å²) in [4.78, 5) is 16.6. The first-order chi connectivity index (χ1) is 12.1. The maximum atomic E-state index is 12.3.